The second-order valence-corrected chi connectivity index (χ2v) is 10.4. The average molecular weight is 600 g/mol. The number of halogens is 2. The number of nitrogens with zero attached hydrogens (tertiary/aromatic N) is 4. The number of ether oxygens (including phenoxy) is 2. The standard InChI is InChI=1S/C26H19ClFN5O7S/c1-39-20-5-3-4-18-14(20)8-9-32(18)26-16(27)12-30-25(31-26)23-13(6-7-22(24(23)29)41(36,37)38)15-10-19(33(34)35)17(28)11-21(15)40-2/h3-12H,29H2,1-2H3,(H,36,37,38). The van der Waals surface area contributed by atoms with Crippen LogP contribution in [-0.4, -0.2) is 46.6 Å². The van der Waals surface area contributed by atoms with Gasteiger partial charge in [-0.1, -0.05) is 23.7 Å². The third kappa shape index (κ3) is 4.77. The van der Waals surface area contributed by atoms with Crippen LogP contribution in [0.4, 0.5) is 15.8 Å². The third-order valence-electron chi connectivity index (χ3n) is 6.33. The number of fused-ring (bicyclic) bond motifs is 1. The van der Waals surface area contributed by atoms with Crippen molar-refractivity contribution in [2.75, 3.05) is 20.0 Å². The highest BCUT2D eigenvalue weighted by Crippen LogP contribution is 2.44. The fourth-order valence-electron chi connectivity index (χ4n) is 4.50. The first-order valence-electron chi connectivity index (χ1n) is 11.6. The first kappa shape index (κ1) is 27.8. The van der Waals surface area contributed by atoms with Crippen LogP contribution in [0.1, 0.15) is 0 Å². The molecule has 0 fully saturated rings. The van der Waals surface area contributed by atoms with Gasteiger partial charge in [0.15, 0.2) is 11.6 Å². The maximum atomic E-state index is 14.4. The number of methoxy groups -OCH3 is 2. The normalized spacial score (nSPS) is 11.5. The lowest BCUT2D eigenvalue weighted by atomic mass is 9.96. The van der Waals surface area contributed by atoms with Crippen molar-refractivity contribution in [2.45, 2.75) is 4.90 Å². The maximum absolute atomic E-state index is 14.4. The van der Waals surface area contributed by atoms with Gasteiger partial charge in [-0.05, 0) is 29.8 Å². The summed E-state index contributed by atoms with van der Waals surface area (Å²) in [7, 11) is -2.08. The first-order valence-corrected chi connectivity index (χ1v) is 13.4. The Morgan fingerprint density at radius 3 is 2.49 bits per heavy atom. The van der Waals surface area contributed by atoms with Crippen LogP contribution in [0.15, 0.2) is 65.8 Å². The third-order valence-corrected chi connectivity index (χ3v) is 7.51. The van der Waals surface area contributed by atoms with Crippen LogP contribution in [0, 0.1) is 15.9 Å². The summed E-state index contributed by atoms with van der Waals surface area (Å²) in [5.41, 5.74) is 5.52. The van der Waals surface area contributed by atoms with E-state index < -0.39 is 37.1 Å². The minimum Gasteiger partial charge on any atom is -0.496 e. The van der Waals surface area contributed by atoms with Crippen LogP contribution < -0.4 is 15.2 Å². The summed E-state index contributed by atoms with van der Waals surface area (Å²) in [4.78, 5) is 18.7. The number of nitro groups is 1. The molecule has 210 valence electrons. The van der Waals surface area contributed by atoms with Crippen molar-refractivity contribution in [3.8, 4) is 39.8 Å². The monoisotopic (exact) mass is 599 g/mol. The molecule has 2 aromatic heterocycles. The zero-order valence-corrected chi connectivity index (χ0v) is 22.8. The van der Waals surface area contributed by atoms with Gasteiger partial charge in [-0.3, -0.25) is 19.2 Å². The molecule has 3 aromatic carbocycles. The summed E-state index contributed by atoms with van der Waals surface area (Å²) < 4.78 is 60.9. The molecule has 15 heteroatoms. The number of nitro benzene ring substituents is 1. The molecule has 5 aromatic rings. The molecule has 5 rings (SSSR count). The van der Waals surface area contributed by atoms with Crippen molar-refractivity contribution in [1.29, 1.82) is 0 Å². The van der Waals surface area contributed by atoms with Crippen LogP contribution in [0.3, 0.4) is 0 Å². The SMILES string of the molecule is COc1cc(F)c([N+](=O)[O-])cc1-c1ccc(S(=O)(=O)O)c(N)c1-c1ncc(Cl)c(-n2ccc3c(OC)cccc32)n1. The molecule has 0 saturated heterocycles. The largest absolute Gasteiger partial charge is 0.496 e. The average Bonchev–Trinajstić information content (AvgIpc) is 3.36. The van der Waals surface area contributed by atoms with E-state index in [9.17, 15) is 27.5 Å². The number of anilines is 1. The van der Waals surface area contributed by atoms with E-state index in [-0.39, 0.29) is 39.1 Å². The smallest absolute Gasteiger partial charge is 0.305 e. The van der Waals surface area contributed by atoms with Gasteiger partial charge in [0.05, 0.1) is 42.1 Å². The van der Waals surface area contributed by atoms with E-state index in [0.29, 0.717) is 11.3 Å². The number of nitrogen functional groups attached to an aromatic ring is 1. The zero-order valence-electron chi connectivity index (χ0n) is 21.2. The molecular formula is C26H19ClFN5O7S. The lowest BCUT2D eigenvalue weighted by Gasteiger charge is -2.17. The summed E-state index contributed by atoms with van der Waals surface area (Å²) in [6.07, 6.45) is 2.95. The Morgan fingerprint density at radius 1 is 1.10 bits per heavy atom. The van der Waals surface area contributed by atoms with Crippen molar-refractivity contribution >= 4 is 44.0 Å². The number of rotatable bonds is 7. The summed E-state index contributed by atoms with van der Waals surface area (Å²) in [6, 6.07) is 11.1. The van der Waals surface area contributed by atoms with E-state index in [1.54, 1.807) is 35.0 Å². The van der Waals surface area contributed by atoms with Crippen LogP contribution in [-0.2, 0) is 10.1 Å². The van der Waals surface area contributed by atoms with Crippen molar-refractivity contribution < 1.29 is 31.8 Å². The Bertz CT molecular complexity index is 1980. The lowest BCUT2D eigenvalue weighted by molar-refractivity contribution is -0.387. The molecule has 3 N–H and O–H groups in total. The fraction of sp³-hybridized carbons (Fsp3) is 0.0769. The Balaban J connectivity index is 1.84. The minimum atomic E-state index is -4.83. The molecule has 0 aliphatic rings. The van der Waals surface area contributed by atoms with Crippen molar-refractivity contribution in [3.05, 3.63) is 81.9 Å². The Kier molecular flexibility index (Phi) is 6.98. The Labute approximate surface area is 236 Å². The second-order valence-electron chi connectivity index (χ2n) is 8.58. The first-order chi connectivity index (χ1) is 19.5. The zero-order chi connectivity index (χ0) is 29.6. The van der Waals surface area contributed by atoms with Gasteiger partial charge in [-0.25, -0.2) is 9.97 Å². The summed E-state index contributed by atoms with van der Waals surface area (Å²) in [5, 5.41) is 12.4. The van der Waals surface area contributed by atoms with Crippen LogP contribution in [0.25, 0.3) is 39.2 Å². The van der Waals surface area contributed by atoms with Gasteiger partial charge in [0.2, 0.25) is 5.82 Å². The van der Waals surface area contributed by atoms with Gasteiger partial charge >= 0.3 is 5.69 Å². The van der Waals surface area contributed by atoms with Crippen LogP contribution in [0.2, 0.25) is 5.02 Å². The molecule has 0 amide bonds. The van der Waals surface area contributed by atoms with Gasteiger partial charge in [-0.2, -0.15) is 12.8 Å². The van der Waals surface area contributed by atoms with Gasteiger partial charge in [0.25, 0.3) is 10.1 Å². The molecule has 0 unspecified atom stereocenters. The van der Waals surface area contributed by atoms with E-state index in [1.807, 2.05) is 0 Å². The van der Waals surface area contributed by atoms with Gasteiger partial charge in [0, 0.05) is 29.3 Å². The molecule has 0 saturated carbocycles. The number of aromatic nitrogens is 3. The highest BCUT2D eigenvalue weighted by atomic mass is 35.5. The van der Waals surface area contributed by atoms with Crippen molar-refractivity contribution in [2.24, 2.45) is 0 Å². The Hall–Kier alpha value is -4.79. The summed E-state index contributed by atoms with van der Waals surface area (Å²) in [6.45, 7) is 0. The van der Waals surface area contributed by atoms with E-state index >= 15 is 0 Å². The highest BCUT2D eigenvalue weighted by Gasteiger charge is 2.27. The van der Waals surface area contributed by atoms with Crippen molar-refractivity contribution in [3.63, 3.8) is 0 Å². The predicted molar refractivity (Wildman–Crippen MR) is 149 cm³/mol. The highest BCUT2D eigenvalue weighted by molar-refractivity contribution is 7.86. The molecule has 0 radical (unpaired) electrons. The number of benzene rings is 3. The minimum absolute atomic E-state index is 0.0135. The van der Waals surface area contributed by atoms with Crippen LogP contribution >= 0.6 is 11.6 Å². The summed E-state index contributed by atoms with van der Waals surface area (Å²) >= 11 is 6.49. The molecule has 0 aliphatic heterocycles. The molecule has 0 atom stereocenters. The molecule has 12 nitrogen and oxygen atoms in total. The van der Waals surface area contributed by atoms with Gasteiger partial charge < -0.3 is 15.2 Å². The number of hydrogen-bond acceptors (Lipinski definition) is 9. The van der Waals surface area contributed by atoms with E-state index in [0.717, 1.165) is 23.6 Å². The molecule has 2 heterocycles. The Morgan fingerprint density at radius 2 is 1.83 bits per heavy atom. The van der Waals surface area contributed by atoms with Crippen molar-refractivity contribution in [1.82, 2.24) is 14.5 Å². The summed E-state index contributed by atoms with van der Waals surface area (Å²) in [5.74, 6) is -0.643. The van der Waals surface area contributed by atoms with Gasteiger partial charge in [0.1, 0.15) is 21.4 Å². The lowest BCUT2D eigenvalue weighted by Crippen LogP contribution is -2.08. The number of nitrogens with two attached hydrogens (primary N) is 1. The quantitative estimate of drug-likeness (QED) is 0.108. The second kappa shape index (κ2) is 10.3. The predicted octanol–water partition coefficient (Wildman–Crippen LogP) is 5.30. The molecule has 0 spiro atoms. The molecule has 0 aliphatic carbocycles. The fourth-order valence-corrected chi connectivity index (χ4v) is 5.31. The maximum Gasteiger partial charge on any atom is 0.305 e. The molecular weight excluding hydrogens is 581 g/mol. The van der Waals surface area contributed by atoms with E-state index in [1.165, 1.54) is 26.5 Å². The van der Waals surface area contributed by atoms with E-state index in [2.05, 4.69) is 9.97 Å². The van der Waals surface area contributed by atoms with E-state index in [4.69, 9.17) is 26.8 Å². The van der Waals surface area contributed by atoms with Gasteiger partial charge in [-0.15, -0.1) is 0 Å². The molecule has 0 bridgehead atoms. The number of hydrogen-bond donors (Lipinski definition) is 2. The molecule has 41 heavy (non-hydrogen) atoms. The topological polar surface area (TPSA) is 173 Å². The van der Waals surface area contributed by atoms with Crippen LogP contribution in [0.5, 0.6) is 11.5 Å².